The number of amides is 2. The lowest BCUT2D eigenvalue weighted by atomic mass is 10.1. The third kappa shape index (κ3) is 3.48. The molecule has 2 amide bonds. The number of carbonyl (C=O) groups is 2. The molecule has 0 N–H and O–H groups in total. The molecule has 1 saturated heterocycles. The molecule has 0 bridgehead atoms. The van der Waals surface area contributed by atoms with E-state index in [4.69, 9.17) is 4.42 Å². The predicted octanol–water partition coefficient (Wildman–Crippen LogP) is 3.33. The molecule has 3 aromatic rings. The Morgan fingerprint density at radius 2 is 1.66 bits per heavy atom. The number of nitrogens with zero attached hydrogens (tertiary/aromatic N) is 3. The number of rotatable bonds is 3. The van der Waals surface area contributed by atoms with Crippen LogP contribution >= 0.6 is 0 Å². The van der Waals surface area contributed by atoms with Crippen molar-refractivity contribution in [3.05, 3.63) is 53.8 Å². The van der Waals surface area contributed by atoms with Crippen molar-refractivity contribution in [3.8, 4) is 11.5 Å². The molecule has 2 aliphatic rings. The minimum atomic E-state index is -0.375. The highest BCUT2D eigenvalue weighted by Crippen LogP contribution is 2.31. The van der Waals surface area contributed by atoms with Crippen LogP contribution in [0.5, 0.6) is 0 Å². The van der Waals surface area contributed by atoms with Crippen molar-refractivity contribution in [2.45, 2.75) is 12.8 Å². The van der Waals surface area contributed by atoms with Gasteiger partial charge in [0.25, 0.3) is 5.91 Å². The smallest absolute Gasteiger partial charge is 0.253 e. The summed E-state index contributed by atoms with van der Waals surface area (Å²) in [6.07, 6.45) is 2.00. The highest BCUT2D eigenvalue weighted by atomic mass is 19.1. The van der Waals surface area contributed by atoms with Gasteiger partial charge in [0.15, 0.2) is 5.58 Å². The van der Waals surface area contributed by atoms with Crippen molar-refractivity contribution in [2.75, 3.05) is 26.2 Å². The molecule has 0 radical (unpaired) electrons. The van der Waals surface area contributed by atoms with E-state index in [1.165, 1.54) is 12.1 Å². The Morgan fingerprint density at radius 1 is 0.966 bits per heavy atom. The van der Waals surface area contributed by atoms with Gasteiger partial charge in [-0.15, -0.1) is 0 Å². The molecule has 2 fully saturated rings. The van der Waals surface area contributed by atoms with Crippen LogP contribution in [0.25, 0.3) is 22.6 Å². The first-order valence-corrected chi connectivity index (χ1v) is 9.83. The van der Waals surface area contributed by atoms with Gasteiger partial charge < -0.3 is 14.2 Å². The maximum Gasteiger partial charge on any atom is 0.253 e. The Morgan fingerprint density at radius 3 is 2.34 bits per heavy atom. The van der Waals surface area contributed by atoms with Crippen molar-refractivity contribution >= 4 is 22.9 Å². The number of fused-ring (bicyclic) bond motifs is 1. The number of hydrogen-bond donors (Lipinski definition) is 0. The van der Waals surface area contributed by atoms with Crippen LogP contribution in [0.4, 0.5) is 4.39 Å². The van der Waals surface area contributed by atoms with E-state index in [1.54, 1.807) is 35.2 Å². The first-order valence-electron chi connectivity index (χ1n) is 9.83. The molecular weight excluding hydrogens is 373 g/mol. The first-order chi connectivity index (χ1) is 14.1. The SMILES string of the molecule is O=C(c1ccc(-c2nc3ccc(F)cc3o2)cc1)N1CCN(C(=O)C2CC2)CC1. The summed E-state index contributed by atoms with van der Waals surface area (Å²) in [6.45, 7) is 2.29. The zero-order chi connectivity index (χ0) is 20.0. The lowest BCUT2D eigenvalue weighted by molar-refractivity contribution is -0.134. The largest absolute Gasteiger partial charge is 0.436 e. The molecule has 0 spiro atoms. The standard InChI is InChI=1S/C22H20FN3O3/c23-17-7-8-18-19(13-17)29-20(24-18)14-1-3-15(4-2-14)21(27)25-9-11-26(12-10-25)22(28)16-5-6-16/h1-4,7-8,13,16H,5-6,9-12H2. The van der Waals surface area contributed by atoms with Crippen molar-refractivity contribution in [3.63, 3.8) is 0 Å². The monoisotopic (exact) mass is 393 g/mol. The molecule has 1 aliphatic heterocycles. The lowest BCUT2D eigenvalue weighted by Gasteiger charge is -2.35. The minimum Gasteiger partial charge on any atom is -0.436 e. The molecule has 0 atom stereocenters. The number of aromatic nitrogens is 1. The van der Waals surface area contributed by atoms with Crippen LogP contribution in [0.2, 0.25) is 0 Å². The Labute approximate surface area is 166 Å². The summed E-state index contributed by atoms with van der Waals surface area (Å²) < 4.78 is 19.0. The summed E-state index contributed by atoms with van der Waals surface area (Å²) in [4.78, 5) is 33.0. The summed E-state index contributed by atoms with van der Waals surface area (Å²) in [7, 11) is 0. The second kappa shape index (κ2) is 6.99. The quantitative estimate of drug-likeness (QED) is 0.685. The average Bonchev–Trinajstić information content (AvgIpc) is 3.52. The van der Waals surface area contributed by atoms with E-state index in [0.717, 1.165) is 18.4 Å². The fraction of sp³-hybridized carbons (Fsp3) is 0.318. The summed E-state index contributed by atoms with van der Waals surface area (Å²) in [5.74, 6) is 0.416. The number of piperazine rings is 1. The van der Waals surface area contributed by atoms with Crippen LogP contribution in [-0.4, -0.2) is 52.8 Å². The van der Waals surface area contributed by atoms with Crippen molar-refractivity contribution < 1.29 is 18.4 Å². The topological polar surface area (TPSA) is 66.7 Å². The second-order valence-electron chi connectivity index (χ2n) is 7.60. The molecule has 5 rings (SSSR count). The maximum atomic E-state index is 13.3. The number of oxazole rings is 1. The zero-order valence-corrected chi connectivity index (χ0v) is 15.8. The normalized spacial score (nSPS) is 17.0. The molecule has 2 heterocycles. The third-order valence-corrected chi connectivity index (χ3v) is 5.53. The van der Waals surface area contributed by atoms with E-state index < -0.39 is 0 Å². The van der Waals surface area contributed by atoms with E-state index in [2.05, 4.69) is 4.98 Å². The van der Waals surface area contributed by atoms with E-state index in [9.17, 15) is 14.0 Å². The zero-order valence-electron chi connectivity index (χ0n) is 15.8. The van der Waals surface area contributed by atoms with Crippen LogP contribution in [0.3, 0.4) is 0 Å². The molecule has 148 valence electrons. The van der Waals surface area contributed by atoms with Crippen molar-refractivity contribution in [1.29, 1.82) is 0 Å². The first kappa shape index (κ1) is 17.8. The summed E-state index contributed by atoms with van der Waals surface area (Å²) >= 11 is 0. The number of benzene rings is 2. The number of halogens is 1. The molecule has 1 aliphatic carbocycles. The van der Waals surface area contributed by atoms with Gasteiger partial charge in [-0.1, -0.05) is 0 Å². The van der Waals surface area contributed by atoms with Gasteiger partial charge in [0.05, 0.1) is 0 Å². The molecule has 1 saturated carbocycles. The minimum absolute atomic E-state index is 0.0466. The lowest BCUT2D eigenvalue weighted by Crippen LogP contribution is -2.51. The van der Waals surface area contributed by atoms with E-state index >= 15 is 0 Å². The fourth-order valence-electron chi connectivity index (χ4n) is 3.68. The van der Waals surface area contributed by atoms with E-state index in [0.29, 0.717) is 48.7 Å². The Kier molecular flexibility index (Phi) is 4.30. The average molecular weight is 393 g/mol. The van der Waals surface area contributed by atoms with Gasteiger partial charge in [0, 0.05) is 49.3 Å². The Hall–Kier alpha value is -3.22. The molecule has 1 aromatic heterocycles. The molecule has 2 aromatic carbocycles. The predicted molar refractivity (Wildman–Crippen MR) is 105 cm³/mol. The molecular formula is C22H20FN3O3. The Bertz CT molecular complexity index is 1080. The molecule has 7 heteroatoms. The van der Waals surface area contributed by atoms with Crippen LogP contribution in [-0.2, 0) is 4.79 Å². The van der Waals surface area contributed by atoms with E-state index in [-0.39, 0.29) is 23.5 Å². The van der Waals surface area contributed by atoms with Crippen LogP contribution in [0.1, 0.15) is 23.2 Å². The van der Waals surface area contributed by atoms with Gasteiger partial charge in [-0.25, -0.2) is 9.37 Å². The van der Waals surface area contributed by atoms with E-state index in [1.807, 2.05) is 4.90 Å². The summed E-state index contributed by atoms with van der Waals surface area (Å²) in [6, 6.07) is 11.3. The van der Waals surface area contributed by atoms with Gasteiger partial charge in [-0.05, 0) is 49.2 Å². The number of hydrogen-bond acceptors (Lipinski definition) is 4. The molecule has 29 heavy (non-hydrogen) atoms. The highest BCUT2D eigenvalue weighted by molar-refractivity contribution is 5.95. The molecule has 0 unspecified atom stereocenters. The van der Waals surface area contributed by atoms with Gasteiger partial charge >= 0.3 is 0 Å². The van der Waals surface area contributed by atoms with Gasteiger partial charge in [0.1, 0.15) is 11.3 Å². The van der Waals surface area contributed by atoms with Crippen LogP contribution in [0.15, 0.2) is 46.9 Å². The second-order valence-corrected chi connectivity index (χ2v) is 7.60. The molecule has 6 nitrogen and oxygen atoms in total. The van der Waals surface area contributed by atoms with Crippen LogP contribution < -0.4 is 0 Å². The van der Waals surface area contributed by atoms with Gasteiger partial charge in [-0.3, -0.25) is 9.59 Å². The highest BCUT2D eigenvalue weighted by Gasteiger charge is 2.35. The van der Waals surface area contributed by atoms with Crippen LogP contribution in [0, 0.1) is 11.7 Å². The van der Waals surface area contributed by atoms with Crippen molar-refractivity contribution in [1.82, 2.24) is 14.8 Å². The van der Waals surface area contributed by atoms with Gasteiger partial charge in [-0.2, -0.15) is 0 Å². The summed E-state index contributed by atoms with van der Waals surface area (Å²) in [5, 5.41) is 0. The van der Waals surface area contributed by atoms with Gasteiger partial charge in [0.2, 0.25) is 11.8 Å². The van der Waals surface area contributed by atoms with Crippen molar-refractivity contribution in [2.24, 2.45) is 5.92 Å². The third-order valence-electron chi connectivity index (χ3n) is 5.53. The maximum absolute atomic E-state index is 13.3. The summed E-state index contributed by atoms with van der Waals surface area (Å²) in [5.41, 5.74) is 2.27. The number of carbonyl (C=O) groups excluding carboxylic acids is 2. The fourth-order valence-corrected chi connectivity index (χ4v) is 3.68. The Balaban J connectivity index is 1.27.